The summed E-state index contributed by atoms with van der Waals surface area (Å²) in [7, 11) is 4.28. The maximum atomic E-state index is 12.7. The zero-order chi connectivity index (χ0) is 21.1. The van der Waals surface area contributed by atoms with Crippen molar-refractivity contribution in [2.24, 2.45) is 0 Å². The smallest absolute Gasteiger partial charge is 0.261 e. The Labute approximate surface area is 181 Å². The summed E-state index contributed by atoms with van der Waals surface area (Å²) in [6, 6.07) is 20.7. The molecule has 4 aromatic rings. The molecule has 0 bridgehead atoms. The van der Waals surface area contributed by atoms with Crippen LogP contribution in [0, 0.1) is 6.92 Å². The van der Waals surface area contributed by atoms with Gasteiger partial charge in [0.1, 0.15) is 11.4 Å². The summed E-state index contributed by atoms with van der Waals surface area (Å²) in [5.74, 6) is -0.0383. The van der Waals surface area contributed by atoms with Gasteiger partial charge in [0.25, 0.3) is 5.91 Å². The van der Waals surface area contributed by atoms with E-state index in [0.717, 1.165) is 32.9 Å². The fraction of sp³-hybridized carbons (Fsp3) is 0.250. The van der Waals surface area contributed by atoms with Crippen molar-refractivity contribution in [3.8, 4) is 0 Å². The molecule has 5 nitrogen and oxygen atoms in total. The lowest BCUT2D eigenvalue weighted by Crippen LogP contribution is -3.04. The molecule has 6 heteroatoms. The maximum Gasteiger partial charge on any atom is 0.261 e. The Morgan fingerprint density at radius 2 is 1.73 bits per heavy atom. The van der Waals surface area contributed by atoms with Crippen LogP contribution in [0.5, 0.6) is 0 Å². The number of quaternary nitrogens is 1. The number of carbonyl (C=O) groups is 1. The first-order valence-electron chi connectivity index (χ1n) is 10.2. The molecule has 0 atom stereocenters. The van der Waals surface area contributed by atoms with E-state index in [1.807, 2.05) is 35.9 Å². The molecular formula is C24H27N4OS+. The summed E-state index contributed by atoms with van der Waals surface area (Å²) in [5, 5.41) is 8.77. The Morgan fingerprint density at radius 3 is 2.43 bits per heavy atom. The summed E-state index contributed by atoms with van der Waals surface area (Å²) in [5.41, 5.74) is 4.55. The van der Waals surface area contributed by atoms with Gasteiger partial charge in [0.2, 0.25) is 0 Å². The summed E-state index contributed by atoms with van der Waals surface area (Å²) in [4.78, 5) is 15.9. The third-order valence-corrected chi connectivity index (χ3v) is 6.19. The molecule has 0 aliphatic carbocycles. The fourth-order valence-electron chi connectivity index (χ4n) is 3.54. The molecule has 2 N–H and O–H groups in total. The van der Waals surface area contributed by atoms with Crippen molar-refractivity contribution < 1.29 is 9.69 Å². The topological polar surface area (TPSA) is 51.4 Å². The van der Waals surface area contributed by atoms with Crippen molar-refractivity contribution >= 4 is 27.5 Å². The number of rotatable bonds is 7. The van der Waals surface area contributed by atoms with Crippen molar-refractivity contribution in [1.29, 1.82) is 0 Å². The number of carbonyl (C=O) groups excluding carboxylic acids is 1. The molecule has 0 spiro atoms. The van der Waals surface area contributed by atoms with E-state index >= 15 is 0 Å². The third kappa shape index (κ3) is 4.61. The van der Waals surface area contributed by atoms with Gasteiger partial charge in [-0.1, -0.05) is 54.6 Å². The van der Waals surface area contributed by atoms with Gasteiger partial charge < -0.3 is 10.2 Å². The van der Waals surface area contributed by atoms with E-state index in [-0.39, 0.29) is 5.91 Å². The first kappa shape index (κ1) is 20.3. The lowest BCUT2D eigenvalue weighted by Gasteiger charge is -2.08. The molecule has 1 amide bonds. The van der Waals surface area contributed by atoms with E-state index in [9.17, 15) is 4.79 Å². The van der Waals surface area contributed by atoms with Gasteiger partial charge in [-0.3, -0.25) is 9.48 Å². The first-order chi connectivity index (χ1) is 14.5. The SMILES string of the molecule is Cc1nn(Cc2ccccc2)c2sc(C(=O)NCc3ccc(C[NH+](C)C)cc3)cc12. The number of nitrogens with zero attached hydrogens (tertiary/aromatic N) is 2. The molecule has 2 heterocycles. The van der Waals surface area contributed by atoms with Gasteiger partial charge in [-0.15, -0.1) is 11.3 Å². The number of amides is 1. The minimum atomic E-state index is -0.0383. The molecule has 0 aliphatic heterocycles. The summed E-state index contributed by atoms with van der Waals surface area (Å²) < 4.78 is 1.99. The quantitative estimate of drug-likeness (QED) is 0.484. The highest BCUT2D eigenvalue weighted by molar-refractivity contribution is 7.20. The van der Waals surface area contributed by atoms with Gasteiger partial charge in [-0.2, -0.15) is 5.10 Å². The highest BCUT2D eigenvalue weighted by Gasteiger charge is 2.16. The van der Waals surface area contributed by atoms with E-state index in [4.69, 9.17) is 0 Å². The lowest BCUT2D eigenvalue weighted by molar-refractivity contribution is -0.872. The third-order valence-electron chi connectivity index (χ3n) is 5.04. The van der Waals surface area contributed by atoms with E-state index in [0.29, 0.717) is 13.1 Å². The predicted octanol–water partition coefficient (Wildman–Crippen LogP) is 3.03. The van der Waals surface area contributed by atoms with Gasteiger partial charge in [-0.25, -0.2) is 0 Å². The second-order valence-electron chi connectivity index (χ2n) is 7.94. The minimum Gasteiger partial charge on any atom is -0.347 e. The molecule has 154 valence electrons. The number of hydrogen-bond donors (Lipinski definition) is 2. The number of fused-ring (bicyclic) bond motifs is 1. The molecule has 2 aromatic carbocycles. The molecule has 30 heavy (non-hydrogen) atoms. The predicted molar refractivity (Wildman–Crippen MR) is 122 cm³/mol. The van der Waals surface area contributed by atoms with Crippen LogP contribution in [-0.4, -0.2) is 29.8 Å². The second-order valence-corrected chi connectivity index (χ2v) is 8.97. The Balaban J connectivity index is 1.45. The molecule has 0 saturated heterocycles. The molecule has 0 fully saturated rings. The number of hydrogen-bond acceptors (Lipinski definition) is 3. The van der Waals surface area contributed by atoms with Crippen LogP contribution in [0.4, 0.5) is 0 Å². The molecule has 4 rings (SSSR count). The van der Waals surface area contributed by atoms with E-state index in [1.54, 1.807) is 0 Å². The number of nitrogens with one attached hydrogen (secondary N) is 2. The molecule has 0 saturated carbocycles. The van der Waals surface area contributed by atoms with E-state index in [1.165, 1.54) is 27.4 Å². The first-order valence-corrected chi connectivity index (χ1v) is 11.0. The van der Waals surface area contributed by atoms with Crippen LogP contribution in [0.25, 0.3) is 10.2 Å². The van der Waals surface area contributed by atoms with Crippen molar-refractivity contribution in [2.45, 2.75) is 26.6 Å². The molecule has 0 aliphatic rings. The Morgan fingerprint density at radius 1 is 1.03 bits per heavy atom. The van der Waals surface area contributed by atoms with Gasteiger partial charge >= 0.3 is 0 Å². The van der Waals surface area contributed by atoms with E-state index < -0.39 is 0 Å². The van der Waals surface area contributed by atoms with Crippen LogP contribution in [0.3, 0.4) is 0 Å². The van der Waals surface area contributed by atoms with Gasteiger partial charge in [0.15, 0.2) is 0 Å². The van der Waals surface area contributed by atoms with Crippen LogP contribution in [-0.2, 0) is 19.6 Å². The zero-order valence-corrected chi connectivity index (χ0v) is 18.4. The number of benzene rings is 2. The largest absolute Gasteiger partial charge is 0.347 e. The van der Waals surface area contributed by atoms with Crippen LogP contribution in [0.2, 0.25) is 0 Å². The van der Waals surface area contributed by atoms with Crippen molar-refractivity contribution in [3.63, 3.8) is 0 Å². The molecule has 0 radical (unpaired) electrons. The normalized spacial score (nSPS) is 11.3. The standard InChI is InChI=1S/C24H26N4OS/c1-17-21-13-22(30-24(21)28(26-17)16-19-7-5-4-6-8-19)23(29)25-14-18-9-11-20(12-10-18)15-27(2)3/h4-13H,14-16H2,1-3H3,(H,25,29)/p+1. The van der Waals surface area contributed by atoms with Gasteiger partial charge in [0.05, 0.1) is 31.2 Å². The number of aryl methyl sites for hydroxylation is 1. The van der Waals surface area contributed by atoms with Crippen molar-refractivity contribution in [1.82, 2.24) is 15.1 Å². The second kappa shape index (κ2) is 8.81. The Hall–Kier alpha value is -2.96. The van der Waals surface area contributed by atoms with Crippen LogP contribution in [0.1, 0.15) is 32.1 Å². The van der Waals surface area contributed by atoms with Crippen LogP contribution < -0.4 is 10.2 Å². The average Bonchev–Trinajstić information content (AvgIpc) is 3.29. The van der Waals surface area contributed by atoms with Crippen LogP contribution in [0.15, 0.2) is 60.7 Å². The van der Waals surface area contributed by atoms with Gasteiger partial charge in [0, 0.05) is 17.5 Å². The van der Waals surface area contributed by atoms with Crippen LogP contribution >= 0.6 is 11.3 Å². The Kier molecular flexibility index (Phi) is 5.97. The Bertz CT molecular complexity index is 1140. The highest BCUT2D eigenvalue weighted by Crippen LogP contribution is 2.29. The summed E-state index contributed by atoms with van der Waals surface area (Å²) in [6.45, 7) is 4.22. The lowest BCUT2D eigenvalue weighted by atomic mass is 10.1. The van der Waals surface area contributed by atoms with Crippen molar-refractivity contribution in [2.75, 3.05) is 14.1 Å². The zero-order valence-electron chi connectivity index (χ0n) is 17.6. The monoisotopic (exact) mass is 419 g/mol. The fourth-order valence-corrected chi connectivity index (χ4v) is 4.62. The van der Waals surface area contributed by atoms with Gasteiger partial charge in [-0.05, 0) is 24.1 Å². The highest BCUT2D eigenvalue weighted by atomic mass is 32.1. The molecule has 2 aromatic heterocycles. The van der Waals surface area contributed by atoms with E-state index in [2.05, 4.69) is 60.9 Å². The number of aromatic nitrogens is 2. The summed E-state index contributed by atoms with van der Waals surface area (Å²) >= 11 is 1.50. The number of thiophene rings is 1. The summed E-state index contributed by atoms with van der Waals surface area (Å²) in [6.07, 6.45) is 0. The minimum absolute atomic E-state index is 0.0383. The molecular weight excluding hydrogens is 392 g/mol. The average molecular weight is 420 g/mol. The molecule has 0 unspecified atom stereocenters. The maximum absolute atomic E-state index is 12.7. The van der Waals surface area contributed by atoms with Crippen molar-refractivity contribution in [3.05, 3.63) is 87.9 Å².